The van der Waals surface area contributed by atoms with Gasteiger partial charge in [0, 0.05) is 31.1 Å². The summed E-state index contributed by atoms with van der Waals surface area (Å²) >= 11 is 1.32. The predicted molar refractivity (Wildman–Crippen MR) is 69.4 cm³/mol. The van der Waals surface area contributed by atoms with Crippen LogP contribution in [-0.2, 0) is 4.74 Å². The van der Waals surface area contributed by atoms with E-state index in [0.29, 0.717) is 5.13 Å². The average Bonchev–Trinajstić information content (AvgIpc) is 2.78. The molecule has 0 spiro atoms. The Morgan fingerprint density at radius 1 is 1.67 bits per heavy atom. The lowest BCUT2D eigenvalue weighted by Crippen LogP contribution is -2.42. The number of aromatic nitrogens is 1. The Hall–Kier alpha value is -1.18. The van der Waals surface area contributed by atoms with Crippen LogP contribution in [0.15, 0.2) is 5.38 Å². The van der Waals surface area contributed by atoms with E-state index in [9.17, 15) is 4.79 Å². The number of nitrogens with zero attached hydrogens (tertiary/aromatic N) is 2. The molecule has 0 aromatic carbocycles. The van der Waals surface area contributed by atoms with Crippen molar-refractivity contribution in [3.05, 3.63) is 11.1 Å². The minimum Gasteiger partial charge on any atom is -0.476 e. The molecule has 7 heteroatoms. The van der Waals surface area contributed by atoms with Gasteiger partial charge < -0.3 is 15.2 Å². The molecule has 1 aromatic rings. The Labute approximate surface area is 110 Å². The molecule has 2 N–H and O–H groups in total. The Morgan fingerprint density at radius 2 is 2.39 bits per heavy atom. The lowest BCUT2D eigenvalue weighted by Gasteiger charge is -2.29. The van der Waals surface area contributed by atoms with E-state index in [4.69, 9.17) is 9.84 Å². The van der Waals surface area contributed by atoms with Gasteiger partial charge in [0.05, 0.1) is 13.2 Å². The van der Waals surface area contributed by atoms with Gasteiger partial charge in [-0.1, -0.05) is 0 Å². The molecule has 1 aromatic heterocycles. The lowest BCUT2D eigenvalue weighted by atomic mass is 10.3. The van der Waals surface area contributed by atoms with E-state index >= 15 is 0 Å². The molecule has 0 aliphatic carbocycles. The summed E-state index contributed by atoms with van der Waals surface area (Å²) in [5, 5.41) is 14.2. The van der Waals surface area contributed by atoms with Crippen molar-refractivity contribution in [3.63, 3.8) is 0 Å². The highest BCUT2D eigenvalue weighted by atomic mass is 32.1. The fourth-order valence-electron chi connectivity index (χ4n) is 1.87. The molecular formula is C11H17N3O3S. The molecule has 2 rings (SSSR count). The van der Waals surface area contributed by atoms with Crippen LogP contribution < -0.4 is 5.32 Å². The van der Waals surface area contributed by atoms with Crippen LogP contribution >= 0.6 is 11.3 Å². The van der Waals surface area contributed by atoms with Gasteiger partial charge in [0.15, 0.2) is 10.8 Å². The third-order valence-corrected chi connectivity index (χ3v) is 3.50. The van der Waals surface area contributed by atoms with E-state index in [1.807, 2.05) is 0 Å². The summed E-state index contributed by atoms with van der Waals surface area (Å²) in [7, 11) is 0. The number of carboxylic acids is 1. The Balaban J connectivity index is 1.82. The zero-order valence-corrected chi connectivity index (χ0v) is 11.1. The highest BCUT2D eigenvalue weighted by Gasteiger charge is 2.15. The second-order valence-corrected chi connectivity index (χ2v) is 5.16. The van der Waals surface area contributed by atoms with E-state index in [-0.39, 0.29) is 11.7 Å². The number of rotatable bonds is 5. The van der Waals surface area contributed by atoms with Gasteiger partial charge in [-0.2, -0.15) is 0 Å². The number of anilines is 1. The Kier molecular flexibility index (Phi) is 4.51. The summed E-state index contributed by atoms with van der Waals surface area (Å²) in [6.45, 7) is 6.44. The topological polar surface area (TPSA) is 74.7 Å². The highest BCUT2D eigenvalue weighted by molar-refractivity contribution is 7.13. The fraction of sp³-hybridized carbons (Fsp3) is 0.636. The monoisotopic (exact) mass is 271 g/mol. The van der Waals surface area contributed by atoms with Gasteiger partial charge in [0.2, 0.25) is 0 Å². The quantitative estimate of drug-likeness (QED) is 0.831. The number of carboxylic acid groups (broad SMARTS) is 1. The first kappa shape index (κ1) is 13.3. The third kappa shape index (κ3) is 3.66. The normalized spacial score (nSPS) is 18.5. The molecule has 6 nitrogen and oxygen atoms in total. The van der Waals surface area contributed by atoms with Crippen LogP contribution in [0.4, 0.5) is 5.13 Å². The summed E-state index contributed by atoms with van der Waals surface area (Å²) in [5.41, 5.74) is 0.0982. The van der Waals surface area contributed by atoms with Crippen LogP contribution in [0.2, 0.25) is 0 Å². The van der Waals surface area contributed by atoms with Crippen LogP contribution in [0, 0.1) is 0 Å². The molecular weight excluding hydrogens is 254 g/mol. The molecule has 0 radical (unpaired) electrons. The highest BCUT2D eigenvalue weighted by Crippen LogP contribution is 2.16. The van der Waals surface area contributed by atoms with Gasteiger partial charge in [0.25, 0.3) is 0 Å². The number of ether oxygens (including phenoxy) is 1. The molecule has 0 amide bonds. The fourth-order valence-corrected chi connectivity index (χ4v) is 2.66. The van der Waals surface area contributed by atoms with Crippen molar-refractivity contribution < 1.29 is 14.6 Å². The van der Waals surface area contributed by atoms with Crippen molar-refractivity contribution in [2.24, 2.45) is 0 Å². The number of aromatic carboxylic acids is 1. The van der Waals surface area contributed by atoms with E-state index in [2.05, 4.69) is 22.1 Å². The SMILES string of the molecule is CC(CN1CCOCC1)Nc1nc(C(=O)O)cs1. The molecule has 1 aliphatic heterocycles. The first-order valence-corrected chi connectivity index (χ1v) is 6.78. The maximum Gasteiger partial charge on any atom is 0.355 e. The molecule has 1 fully saturated rings. The van der Waals surface area contributed by atoms with Gasteiger partial charge in [-0.25, -0.2) is 9.78 Å². The molecule has 0 saturated carbocycles. The number of thiazole rings is 1. The second-order valence-electron chi connectivity index (χ2n) is 4.30. The number of nitrogens with one attached hydrogen (secondary N) is 1. The number of hydrogen-bond acceptors (Lipinski definition) is 6. The molecule has 1 saturated heterocycles. The second kappa shape index (κ2) is 6.12. The third-order valence-electron chi connectivity index (χ3n) is 2.73. The molecule has 100 valence electrons. The van der Waals surface area contributed by atoms with Crippen molar-refractivity contribution >= 4 is 22.4 Å². The minimum absolute atomic E-state index is 0.0982. The Morgan fingerprint density at radius 3 is 3.00 bits per heavy atom. The van der Waals surface area contributed by atoms with E-state index in [1.54, 1.807) is 5.38 Å². The molecule has 1 atom stereocenters. The summed E-state index contributed by atoms with van der Waals surface area (Å²) in [6.07, 6.45) is 0. The lowest BCUT2D eigenvalue weighted by molar-refractivity contribution is 0.0368. The van der Waals surface area contributed by atoms with Crippen molar-refractivity contribution in [2.75, 3.05) is 38.2 Å². The summed E-state index contributed by atoms with van der Waals surface area (Å²) < 4.78 is 5.29. The minimum atomic E-state index is -0.986. The maximum atomic E-state index is 10.7. The van der Waals surface area contributed by atoms with Crippen LogP contribution in [-0.4, -0.2) is 59.8 Å². The number of carbonyl (C=O) groups is 1. The number of hydrogen-bond donors (Lipinski definition) is 2. The van der Waals surface area contributed by atoms with Crippen LogP contribution in [0.5, 0.6) is 0 Å². The summed E-state index contributed by atoms with van der Waals surface area (Å²) in [6, 6.07) is 0.232. The molecule has 2 heterocycles. The van der Waals surface area contributed by atoms with E-state index in [1.165, 1.54) is 11.3 Å². The molecule has 0 bridgehead atoms. The van der Waals surface area contributed by atoms with Crippen LogP contribution in [0.3, 0.4) is 0 Å². The van der Waals surface area contributed by atoms with E-state index < -0.39 is 5.97 Å². The summed E-state index contributed by atoms with van der Waals surface area (Å²) in [5.74, 6) is -0.986. The zero-order valence-electron chi connectivity index (χ0n) is 10.3. The Bertz CT molecular complexity index is 404. The smallest absolute Gasteiger partial charge is 0.355 e. The molecule has 1 aliphatic rings. The number of morpholine rings is 1. The zero-order chi connectivity index (χ0) is 13.0. The first-order valence-electron chi connectivity index (χ1n) is 5.90. The standard InChI is InChI=1S/C11H17N3O3S/c1-8(6-14-2-4-17-5-3-14)12-11-13-9(7-18-11)10(15)16/h7-8H,2-6H2,1H3,(H,12,13)(H,15,16). The average molecular weight is 271 g/mol. The largest absolute Gasteiger partial charge is 0.476 e. The van der Waals surface area contributed by atoms with Gasteiger partial charge in [-0.15, -0.1) is 11.3 Å². The van der Waals surface area contributed by atoms with Gasteiger partial charge in [-0.3, -0.25) is 4.90 Å². The maximum absolute atomic E-state index is 10.7. The van der Waals surface area contributed by atoms with Crippen LogP contribution in [0.1, 0.15) is 17.4 Å². The molecule has 1 unspecified atom stereocenters. The van der Waals surface area contributed by atoms with Crippen LogP contribution in [0.25, 0.3) is 0 Å². The van der Waals surface area contributed by atoms with E-state index in [0.717, 1.165) is 32.8 Å². The van der Waals surface area contributed by atoms with Crippen molar-refractivity contribution in [3.8, 4) is 0 Å². The molecule has 18 heavy (non-hydrogen) atoms. The summed E-state index contributed by atoms with van der Waals surface area (Å²) in [4.78, 5) is 17.0. The van der Waals surface area contributed by atoms with Crippen molar-refractivity contribution in [1.82, 2.24) is 9.88 Å². The van der Waals surface area contributed by atoms with Crippen molar-refractivity contribution in [1.29, 1.82) is 0 Å². The van der Waals surface area contributed by atoms with Gasteiger partial charge >= 0.3 is 5.97 Å². The van der Waals surface area contributed by atoms with Gasteiger partial charge in [0.1, 0.15) is 0 Å². The van der Waals surface area contributed by atoms with Gasteiger partial charge in [-0.05, 0) is 6.92 Å². The first-order chi connectivity index (χ1) is 8.65. The van der Waals surface area contributed by atoms with Crippen molar-refractivity contribution in [2.45, 2.75) is 13.0 Å². The predicted octanol–water partition coefficient (Wildman–Crippen LogP) is 0.974.